The van der Waals surface area contributed by atoms with Crippen molar-refractivity contribution in [3.63, 3.8) is 0 Å². The van der Waals surface area contributed by atoms with Gasteiger partial charge in [0.05, 0.1) is 0 Å². The second-order valence-electron chi connectivity index (χ2n) is 8.23. The summed E-state index contributed by atoms with van der Waals surface area (Å²) in [6, 6.07) is 11.9. The Morgan fingerprint density at radius 2 is 1.87 bits per heavy atom. The topological polar surface area (TPSA) is 51.0 Å². The van der Waals surface area contributed by atoms with Crippen LogP contribution < -0.4 is 0 Å². The molecule has 2 aromatic heterocycles. The predicted octanol–water partition coefficient (Wildman–Crippen LogP) is 5.23. The zero-order chi connectivity index (χ0) is 20.5. The molecule has 5 rings (SSSR count). The predicted molar refractivity (Wildman–Crippen MR) is 119 cm³/mol. The highest BCUT2D eigenvalue weighted by atomic mass is 35.5. The highest BCUT2D eigenvalue weighted by Gasteiger charge is 2.31. The van der Waals surface area contributed by atoms with Gasteiger partial charge in [-0.2, -0.15) is 0 Å². The van der Waals surface area contributed by atoms with Crippen molar-refractivity contribution in [3.05, 3.63) is 65.1 Å². The molecule has 6 heteroatoms. The monoisotopic (exact) mass is 420 g/mol. The van der Waals surface area contributed by atoms with E-state index in [9.17, 15) is 4.79 Å². The van der Waals surface area contributed by atoms with Crippen molar-refractivity contribution >= 4 is 34.7 Å². The number of carbonyl (C=O) groups is 1. The highest BCUT2D eigenvalue weighted by Crippen LogP contribution is 2.39. The summed E-state index contributed by atoms with van der Waals surface area (Å²) >= 11 is 6.18. The molecule has 0 radical (unpaired) electrons. The number of hydrogen-bond acceptors (Lipinski definition) is 3. The van der Waals surface area contributed by atoms with Crippen LogP contribution in [0.4, 0.5) is 0 Å². The van der Waals surface area contributed by atoms with Gasteiger partial charge in [-0.1, -0.05) is 36.2 Å². The number of likely N-dealkylation sites (tertiary alicyclic amines) is 1. The van der Waals surface area contributed by atoms with Gasteiger partial charge in [0.1, 0.15) is 11.3 Å². The molecule has 1 aliphatic carbocycles. The number of carbonyl (C=O) groups excluding carboxylic acids is 1. The van der Waals surface area contributed by atoms with Crippen molar-refractivity contribution < 1.29 is 4.79 Å². The van der Waals surface area contributed by atoms with Crippen LogP contribution in [-0.4, -0.2) is 38.4 Å². The Kier molecular flexibility index (Phi) is 5.30. The summed E-state index contributed by atoms with van der Waals surface area (Å²) in [7, 11) is 0. The van der Waals surface area contributed by atoms with E-state index in [4.69, 9.17) is 16.6 Å². The molecule has 154 valence electrons. The van der Waals surface area contributed by atoms with E-state index in [-0.39, 0.29) is 5.91 Å². The Hall–Kier alpha value is -2.66. The van der Waals surface area contributed by atoms with E-state index in [1.807, 2.05) is 41.4 Å². The molecule has 0 N–H and O–H groups in total. The Labute approximate surface area is 181 Å². The first-order chi connectivity index (χ1) is 14.7. The number of nitrogens with zero attached hydrogens (tertiary/aromatic N) is 4. The number of amides is 1. The number of pyridine rings is 1. The van der Waals surface area contributed by atoms with Gasteiger partial charge in [-0.05, 0) is 55.5 Å². The minimum atomic E-state index is 0.0428. The zero-order valence-corrected chi connectivity index (χ0v) is 17.6. The number of imidazole rings is 1. The molecule has 1 aromatic carbocycles. The first kappa shape index (κ1) is 19.3. The number of halogens is 1. The maximum absolute atomic E-state index is 12.7. The summed E-state index contributed by atoms with van der Waals surface area (Å²) in [5, 5.41) is 0.656. The van der Waals surface area contributed by atoms with E-state index in [0.29, 0.717) is 17.0 Å². The molecule has 30 heavy (non-hydrogen) atoms. The third kappa shape index (κ3) is 3.63. The van der Waals surface area contributed by atoms with Crippen molar-refractivity contribution in [1.82, 2.24) is 19.4 Å². The molecule has 2 aliphatic rings. The third-order valence-corrected chi connectivity index (χ3v) is 6.74. The van der Waals surface area contributed by atoms with Gasteiger partial charge in [0.15, 0.2) is 5.65 Å². The summed E-state index contributed by atoms with van der Waals surface area (Å²) < 4.78 is 2.38. The van der Waals surface area contributed by atoms with Crippen LogP contribution in [0.5, 0.6) is 0 Å². The molecule has 0 spiro atoms. The van der Waals surface area contributed by atoms with E-state index in [1.165, 1.54) is 25.1 Å². The van der Waals surface area contributed by atoms with Gasteiger partial charge in [0.25, 0.3) is 0 Å². The van der Waals surface area contributed by atoms with Crippen molar-refractivity contribution in [2.45, 2.75) is 44.1 Å². The third-order valence-electron chi connectivity index (χ3n) is 6.40. The molecule has 0 bridgehead atoms. The van der Waals surface area contributed by atoms with Crippen molar-refractivity contribution in [3.8, 4) is 0 Å². The minimum Gasteiger partial charge on any atom is -0.339 e. The lowest BCUT2D eigenvalue weighted by Gasteiger charge is -2.34. The van der Waals surface area contributed by atoms with Crippen LogP contribution in [0.2, 0.25) is 5.02 Å². The SMILES string of the molecule is O=C(C=Cc1ccccc1Cl)N1CCC(n2c(C3CCC3)nc3cccnc32)CC1. The molecular formula is C24H25ClN4O. The van der Waals surface area contributed by atoms with Gasteiger partial charge < -0.3 is 9.47 Å². The largest absolute Gasteiger partial charge is 0.339 e. The maximum atomic E-state index is 12.7. The first-order valence-electron chi connectivity index (χ1n) is 10.7. The second-order valence-corrected chi connectivity index (χ2v) is 8.63. The van der Waals surface area contributed by atoms with Crippen LogP contribution in [0.1, 0.15) is 55.5 Å². The lowest BCUT2D eigenvalue weighted by Crippen LogP contribution is -2.38. The fraction of sp³-hybridized carbons (Fsp3) is 0.375. The van der Waals surface area contributed by atoms with Gasteiger partial charge in [-0.3, -0.25) is 4.79 Å². The number of rotatable bonds is 4. The van der Waals surface area contributed by atoms with Crippen molar-refractivity contribution in [2.75, 3.05) is 13.1 Å². The smallest absolute Gasteiger partial charge is 0.246 e. The van der Waals surface area contributed by atoms with Crippen LogP contribution in [0.3, 0.4) is 0 Å². The molecule has 1 saturated carbocycles. The number of piperidine rings is 1. The standard InChI is InChI=1S/C24H25ClN4O/c25-20-8-2-1-5-17(20)10-11-22(30)28-15-12-19(13-16-28)29-23(18-6-3-7-18)27-21-9-4-14-26-24(21)29/h1-2,4-5,8-11,14,18-19H,3,6-7,12-13,15-16H2. The maximum Gasteiger partial charge on any atom is 0.246 e. The van der Waals surface area contributed by atoms with Crippen LogP contribution in [0.15, 0.2) is 48.7 Å². The molecule has 0 atom stereocenters. The number of benzene rings is 1. The second kappa shape index (κ2) is 8.23. The van der Waals surface area contributed by atoms with Gasteiger partial charge in [-0.15, -0.1) is 0 Å². The molecule has 5 nitrogen and oxygen atoms in total. The normalized spacial score (nSPS) is 18.2. The van der Waals surface area contributed by atoms with E-state index >= 15 is 0 Å². The van der Waals surface area contributed by atoms with Crippen molar-refractivity contribution in [2.24, 2.45) is 0 Å². The van der Waals surface area contributed by atoms with Crippen LogP contribution >= 0.6 is 11.6 Å². The van der Waals surface area contributed by atoms with Crippen LogP contribution in [0, 0.1) is 0 Å². The quantitative estimate of drug-likeness (QED) is 0.543. The lowest BCUT2D eigenvalue weighted by molar-refractivity contribution is -0.127. The minimum absolute atomic E-state index is 0.0428. The fourth-order valence-corrected chi connectivity index (χ4v) is 4.68. The Morgan fingerprint density at radius 1 is 1.07 bits per heavy atom. The molecule has 3 aromatic rings. The van der Waals surface area contributed by atoms with Crippen LogP contribution in [0.25, 0.3) is 17.2 Å². The summed E-state index contributed by atoms with van der Waals surface area (Å²) in [6.45, 7) is 1.49. The van der Waals surface area contributed by atoms with Gasteiger partial charge in [0.2, 0.25) is 5.91 Å². The molecule has 1 amide bonds. The Balaban J connectivity index is 1.30. The number of aromatic nitrogens is 3. The summed E-state index contributed by atoms with van der Waals surface area (Å²) in [4.78, 5) is 24.2. The Morgan fingerprint density at radius 3 is 2.60 bits per heavy atom. The van der Waals surface area contributed by atoms with E-state index in [1.54, 1.807) is 12.2 Å². The number of fused-ring (bicyclic) bond motifs is 1. The molecule has 3 heterocycles. The molecule has 1 saturated heterocycles. The summed E-state index contributed by atoms with van der Waals surface area (Å²) in [5.74, 6) is 1.79. The molecule has 0 unspecified atom stereocenters. The molecule has 2 fully saturated rings. The van der Waals surface area contributed by atoms with Gasteiger partial charge in [-0.25, -0.2) is 9.97 Å². The van der Waals surface area contributed by atoms with Gasteiger partial charge in [0, 0.05) is 42.3 Å². The fourth-order valence-electron chi connectivity index (χ4n) is 4.48. The summed E-state index contributed by atoms with van der Waals surface area (Å²) in [5.41, 5.74) is 2.84. The average molecular weight is 421 g/mol. The van der Waals surface area contributed by atoms with Crippen molar-refractivity contribution in [1.29, 1.82) is 0 Å². The Bertz CT molecular complexity index is 1090. The van der Waals surface area contributed by atoms with Crippen LogP contribution in [-0.2, 0) is 4.79 Å². The van der Waals surface area contributed by atoms with E-state index in [2.05, 4.69) is 15.6 Å². The van der Waals surface area contributed by atoms with E-state index in [0.717, 1.165) is 42.7 Å². The summed E-state index contributed by atoms with van der Waals surface area (Å²) in [6.07, 6.45) is 10.9. The first-order valence-corrected chi connectivity index (χ1v) is 11.1. The van der Waals surface area contributed by atoms with E-state index < -0.39 is 0 Å². The van der Waals surface area contributed by atoms with Gasteiger partial charge >= 0.3 is 0 Å². The molecular weight excluding hydrogens is 396 g/mol. The lowest BCUT2D eigenvalue weighted by atomic mass is 9.84. The zero-order valence-electron chi connectivity index (χ0n) is 16.9. The average Bonchev–Trinajstić information content (AvgIpc) is 3.10. The number of hydrogen-bond donors (Lipinski definition) is 0. The highest BCUT2D eigenvalue weighted by molar-refractivity contribution is 6.32. The molecule has 1 aliphatic heterocycles.